The molecule has 20 heavy (non-hydrogen) atoms. The van der Waals surface area contributed by atoms with Crippen molar-refractivity contribution in [3.8, 4) is 0 Å². The van der Waals surface area contributed by atoms with Crippen molar-refractivity contribution in [2.24, 2.45) is 5.73 Å². The van der Waals surface area contributed by atoms with E-state index in [0.29, 0.717) is 6.54 Å². The van der Waals surface area contributed by atoms with Crippen LogP contribution in [0.1, 0.15) is 11.1 Å². The highest BCUT2D eigenvalue weighted by molar-refractivity contribution is 7.99. The van der Waals surface area contributed by atoms with Gasteiger partial charge in [0.2, 0.25) is 0 Å². The Bertz CT molecular complexity index is 750. The first kappa shape index (κ1) is 13.1. The number of benzene rings is 2. The third kappa shape index (κ3) is 2.53. The van der Waals surface area contributed by atoms with E-state index in [9.17, 15) is 0 Å². The molecule has 3 nitrogen and oxygen atoms in total. The first-order chi connectivity index (χ1) is 9.78. The van der Waals surface area contributed by atoms with Crippen molar-refractivity contribution in [2.75, 3.05) is 0 Å². The summed E-state index contributed by atoms with van der Waals surface area (Å²) in [5.74, 6) is 0. The fourth-order valence-corrected chi connectivity index (χ4v) is 3.21. The first-order valence-electron chi connectivity index (χ1n) is 6.45. The Labute approximate surface area is 122 Å². The second kappa shape index (κ2) is 5.61. The van der Waals surface area contributed by atoms with Crippen LogP contribution in [0, 0.1) is 6.92 Å². The molecule has 0 bridgehead atoms. The van der Waals surface area contributed by atoms with Gasteiger partial charge < -0.3 is 5.73 Å². The highest BCUT2D eigenvalue weighted by Gasteiger charge is 2.08. The minimum atomic E-state index is 0.533. The monoisotopic (exact) mass is 281 g/mol. The summed E-state index contributed by atoms with van der Waals surface area (Å²) in [6, 6.07) is 14.4. The Morgan fingerprint density at radius 1 is 1.10 bits per heavy atom. The van der Waals surface area contributed by atoms with Gasteiger partial charge in [-0.1, -0.05) is 42.1 Å². The van der Waals surface area contributed by atoms with E-state index in [-0.39, 0.29) is 0 Å². The minimum Gasteiger partial charge on any atom is -0.326 e. The molecule has 3 rings (SSSR count). The van der Waals surface area contributed by atoms with Gasteiger partial charge in [0.25, 0.3) is 0 Å². The second-order valence-corrected chi connectivity index (χ2v) is 5.64. The molecule has 2 aromatic carbocycles. The molecule has 4 heteroatoms. The van der Waals surface area contributed by atoms with Crippen LogP contribution >= 0.6 is 11.8 Å². The van der Waals surface area contributed by atoms with Crippen LogP contribution in [0.15, 0.2) is 58.7 Å². The number of hydrogen-bond acceptors (Lipinski definition) is 4. The van der Waals surface area contributed by atoms with Crippen molar-refractivity contribution in [3.63, 3.8) is 0 Å². The topological polar surface area (TPSA) is 51.8 Å². The molecule has 0 fully saturated rings. The molecule has 0 saturated carbocycles. The van der Waals surface area contributed by atoms with Crippen LogP contribution in [-0.2, 0) is 6.54 Å². The third-order valence-electron chi connectivity index (χ3n) is 3.16. The smallest absolute Gasteiger partial charge is 0.117 e. The van der Waals surface area contributed by atoms with Crippen molar-refractivity contribution in [3.05, 3.63) is 59.9 Å². The molecular formula is C16H15N3S. The van der Waals surface area contributed by atoms with E-state index in [2.05, 4.69) is 41.2 Å². The van der Waals surface area contributed by atoms with Gasteiger partial charge in [0.05, 0.1) is 5.52 Å². The summed E-state index contributed by atoms with van der Waals surface area (Å²) in [6.07, 6.45) is 1.61. The minimum absolute atomic E-state index is 0.533. The van der Waals surface area contributed by atoms with E-state index < -0.39 is 0 Å². The Morgan fingerprint density at radius 3 is 2.80 bits per heavy atom. The van der Waals surface area contributed by atoms with Gasteiger partial charge in [-0.05, 0) is 30.2 Å². The number of nitrogens with two attached hydrogens (primary N) is 1. The average Bonchev–Trinajstić information content (AvgIpc) is 2.48. The molecule has 0 radical (unpaired) electrons. The van der Waals surface area contributed by atoms with Crippen LogP contribution in [0.5, 0.6) is 0 Å². The molecule has 0 amide bonds. The number of para-hydroxylation sites is 1. The van der Waals surface area contributed by atoms with Gasteiger partial charge in [0.15, 0.2) is 0 Å². The summed E-state index contributed by atoms with van der Waals surface area (Å²) >= 11 is 1.65. The summed E-state index contributed by atoms with van der Waals surface area (Å²) in [5.41, 5.74) is 9.15. The second-order valence-electron chi connectivity index (χ2n) is 4.61. The van der Waals surface area contributed by atoms with Crippen LogP contribution in [0.3, 0.4) is 0 Å². The van der Waals surface area contributed by atoms with Crippen molar-refractivity contribution in [1.82, 2.24) is 9.97 Å². The summed E-state index contributed by atoms with van der Waals surface area (Å²) in [7, 11) is 0. The maximum Gasteiger partial charge on any atom is 0.117 e. The summed E-state index contributed by atoms with van der Waals surface area (Å²) in [4.78, 5) is 9.88. The van der Waals surface area contributed by atoms with E-state index in [4.69, 9.17) is 5.73 Å². The lowest BCUT2D eigenvalue weighted by molar-refractivity contribution is 1.02. The average molecular weight is 281 g/mol. The number of rotatable bonds is 3. The molecule has 0 aliphatic heterocycles. The van der Waals surface area contributed by atoms with E-state index >= 15 is 0 Å². The lowest BCUT2D eigenvalue weighted by atomic mass is 10.1. The molecule has 1 aromatic heterocycles. The molecule has 0 atom stereocenters. The highest BCUT2D eigenvalue weighted by Crippen LogP contribution is 2.33. The van der Waals surface area contributed by atoms with E-state index in [1.54, 1.807) is 18.1 Å². The van der Waals surface area contributed by atoms with Crippen molar-refractivity contribution in [1.29, 1.82) is 0 Å². The number of aryl methyl sites for hydroxylation is 1. The molecule has 0 aliphatic carbocycles. The molecule has 0 spiro atoms. The van der Waals surface area contributed by atoms with Crippen LogP contribution in [0.25, 0.3) is 10.9 Å². The SMILES string of the molecule is Cc1ccc(CN)c(Sc2ncnc3ccccc23)c1. The standard InChI is InChI=1S/C16H15N3S/c1-11-6-7-12(9-17)15(8-11)20-16-13-4-2-3-5-14(13)18-10-19-16/h2-8,10H,9,17H2,1H3. The summed E-state index contributed by atoms with van der Waals surface area (Å²) < 4.78 is 0. The van der Waals surface area contributed by atoms with E-state index in [1.807, 2.05) is 18.2 Å². The largest absolute Gasteiger partial charge is 0.326 e. The van der Waals surface area contributed by atoms with Crippen molar-refractivity contribution < 1.29 is 0 Å². The first-order valence-corrected chi connectivity index (χ1v) is 7.27. The zero-order chi connectivity index (χ0) is 13.9. The van der Waals surface area contributed by atoms with Crippen LogP contribution in [0.4, 0.5) is 0 Å². The van der Waals surface area contributed by atoms with Gasteiger partial charge in [0, 0.05) is 16.8 Å². The number of fused-ring (bicyclic) bond motifs is 1. The molecular weight excluding hydrogens is 266 g/mol. The lowest BCUT2D eigenvalue weighted by Gasteiger charge is -2.09. The van der Waals surface area contributed by atoms with Gasteiger partial charge in [0.1, 0.15) is 11.4 Å². The predicted octanol–water partition coefficient (Wildman–Crippen LogP) is 3.55. The zero-order valence-corrected chi connectivity index (χ0v) is 12.0. The maximum absolute atomic E-state index is 5.82. The lowest BCUT2D eigenvalue weighted by Crippen LogP contribution is -1.99. The van der Waals surface area contributed by atoms with Crippen molar-refractivity contribution >= 4 is 22.7 Å². The molecule has 1 heterocycles. The fourth-order valence-electron chi connectivity index (χ4n) is 2.09. The number of aromatic nitrogens is 2. The number of nitrogens with zero attached hydrogens (tertiary/aromatic N) is 2. The quantitative estimate of drug-likeness (QED) is 0.746. The molecule has 0 aliphatic rings. The third-order valence-corrected chi connectivity index (χ3v) is 4.27. The zero-order valence-electron chi connectivity index (χ0n) is 11.2. The molecule has 2 N–H and O–H groups in total. The maximum atomic E-state index is 5.82. The summed E-state index contributed by atoms with van der Waals surface area (Å²) in [6.45, 7) is 2.62. The summed E-state index contributed by atoms with van der Waals surface area (Å²) in [5, 5.41) is 2.04. The molecule has 3 aromatic rings. The normalized spacial score (nSPS) is 10.9. The van der Waals surface area contributed by atoms with E-state index in [0.717, 1.165) is 26.4 Å². The Hall–Kier alpha value is -1.91. The van der Waals surface area contributed by atoms with Gasteiger partial charge in [-0.3, -0.25) is 0 Å². The molecule has 0 unspecified atom stereocenters. The number of hydrogen-bond donors (Lipinski definition) is 1. The van der Waals surface area contributed by atoms with Gasteiger partial charge in [-0.2, -0.15) is 0 Å². The highest BCUT2D eigenvalue weighted by atomic mass is 32.2. The van der Waals surface area contributed by atoms with Gasteiger partial charge >= 0.3 is 0 Å². The van der Waals surface area contributed by atoms with Gasteiger partial charge in [-0.25, -0.2) is 9.97 Å². The molecule has 100 valence electrons. The Balaban J connectivity index is 2.07. The van der Waals surface area contributed by atoms with Crippen LogP contribution in [0.2, 0.25) is 0 Å². The Kier molecular flexibility index (Phi) is 3.67. The fraction of sp³-hybridized carbons (Fsp3) is 0.125. The van der Waals surface area contributed by atoms with Crippen molar-refractivity contribution in [2.45, 2.75) is 23.4 Å². The van der Waals surface area contributed by atoms with E-state index in [1.165, 1.54) is 5.56 Å². The molecule has 0 saturated heterocycles. The predicted molar refractivity (Wildman–Crippen MR) is 82.7 cm³/mol. The van der Waals surface area contributed by atoms with Gasteiger partial charge in [-0.15, -0.1) is 0 Å². The Morgan fingerprint density at radius 2 is 1.95 bits per heavy atom. The van der Waals surface area contributed by atoms with Crippen LogP contribution < -0.4 is 5.73 Å². The van der Waals surface area contributed by atoms with Crippen LogP contribution in [-0.4, -0.2) is 9.97 Å².